The fraction of sp³-hybridized carbons (Fsp3) is 0.900. The lowest BCUT2D eigenvalue weighted by atomic mass is 10.1. The number of aliphatic imine (C=N–C) groups is 1. The Labute approximate surface area is 86.2 Å². The molecule has 1 heterocycles. The summed E-state index contributed by atoms with van der Waals surface area (Å²) in [7, 11) is 4.08. The fourth-order valence-corrected chi connectivity index (χ4v) is 1.54. The summed E-state index contributed by atoms with van der Waals surface area (Å²) < 4.78 is 0. The van der Waals surface area contributed by atoms with Crippen molar-refractivity contribution >= 4 is 5.96 Å². The molecule has 0 aliphatic carbocycles. The summed E-state index contributed by atoms with van der Waals surface area (Å²) in [4.78, 5) is 8.83. The summed E-state index contributed by atoms with van der Waals surface area (Å²) in [5.74, 6) is 1.38. The lowest BCUT2D eigenvalue weighted by Crippen LogP contribution is -2.32. The third-order valence-corrected chi connectivity index (χ3v) is 2.69. The van der Waals surface area contributed by atoms with Crippen molar-refractivity contribution in [3.63, 3.8) is 0 Å². The molecule has 1 aliphatic rings. The lowest BCUT2D eigenvalue weighted by Gasteiger charge is -2.20. The molecule has 14 heavy (non-hydrogen) atoms. The van der Waals surface area contributed by atoms with Gasteiger partial charge in [-0.15, -0.1) is 0 Å². The van der Waals surface area contributed by atoms with Crippen molar-refractivity contribution in [2.24, 2.45) is 10.9 Å². The molecule has 0 spiro atoms. The summed E-state index contributed by atoms with van der Waals surface area (Å²) in [6, 6.07) is 0.0213. The minimum Gasteiger partial charge on any atom is -0.394 e. The number of guanidine groups is 1. The number of aliphatic hydroxyl groups excluding tert-OH is 1. The van der Waals surface area contributed by atoms with Crippen molar-refractivity contribution in [1.82, 2.24) is 9.80 Å². The van der Waals surface area contributed by atoms with Crippen LogP contribution in [0.1, 0.15) is 13.8 Å². The molecule has 1 atom stereocenters. The van der Waals surface area contributed by atoms with Gasteiger partial charge in [0.2, 0.25) is 0 Å². The molecule has 1 rings (SSSR count). The van der Waals surface area contributed by atoms with Gasteiger partial charge in [-0.25, -0.2) is 4.99 Å². The fourth-order valence-electron chi connectivity index (χ4n) is 1.54. The van der Waals surface area contributed by atoms with Gasteiger partial charge in [-0.3, -0.25) is 0 Å². The normalized spacial score (nSPS) is 19.4. The van der Waals surface area contributed by atoms with E-state index >= 15 is 0 Å². The van der Waals surface area contributed by atoms with E-state index in [2.05, 4.69) is 28.6 Å². The van der Waals surface area contributed by atoms with Crippen LogP contribution >= 0.6 is 0 Å². The van der Waals surface area contributed by atoms with Gasteiger partial charge in [-0.1, -0.05) is 13.8 Å². The lowest BCUT2D eigenvalue weighted by molar-refractivity contribution is 0.238. The Hall–Kier alpha value is -0.770. The first-order valence-electron chi connectivity index (χ1n) is 5.17. The Kier molecular flexibility index (Phi) is 3.75. The van der Waals surface area contributed by atoms with Gasteiger partial charge in [0.1, 0.15) is 0 Å². The van der Waals surface area contributed by atoms with E-state index in [4.69, 9.17) is 0 Å². The molecular weight excluding hydrogens is 178 g/mol. The monoisotopic (exact) mass is 199 g/mol. The van der Waals surface area contributed by atoms with Crippen LogP contribution in [0.4, 0.5) is 0 Å². The van der Waals surface area contributed by atoms with Crippen LogP contribution in [0.15, 0.2) is 4.99 Å². The zero-order chi connectivity index (χ0) is 10.7. The molecule has 0 amide bonds. The minimum absolute atomic E-state index is 0.0213. The third kappa shape index (κ3) is 2.38. The smallest absolute Gasteiger partial charge is 0.196 e. The zero-order valence-electron chi connectivity index (χ0n) is 9.56. The molecule has 82 valence electrons. The Bertz CT molecular complexity index is 203. The van der Waals surface area contributed by atoms with E-state index in [1.165, 1.54) is 0 Å². The maximum absolute atomic E-state index is 9.19. The van der Waals surface area contributed by atoms with Gasteiger partial charge in [0.25, 0.3) is 0 Å². The van der Waals surface area contributed by atoms with Crippen LogP contribution in [0.2, 0.25) is 0 Å². The minimum atomic E-state index is 0.0213. The first-order valence-corrected chi connectivity index (χ1v) is 5.17. The van der Waals surface area contributed by atoms with E-state index in [1.54, 1.807) is 0 Å². The standard InChI is InChI=1S/C10H21N3O/c1-8(2)9(7-14)11-10-12(3)5-6-13(10)4/h8-9,14H,5-7H2,1-4H3/t9-/m1/s1. The number of nitrogens with zero attached hydrogens (tertiary/aromatic N) is 3. The van der Waals surface area contributed by atoms with Crippen molar-refractivity contribution in [1.29, 1.82) is 0 Å². The van der Waals surface area contributed by atoms with Gasteiger partial charge in [-0.05, 0) is 5.92 Å². The molecule has 1 saturated heterocycles. The third-order valence-electron chi connectivity index (χ3n) is 2.69. The van der Waals surface area contributed by atoms with Crippen LogP contribution < -0.4 is 0 Å². The highest BCUT2D eigenvalue weighted by Gasteiger charge is 2.22. The molecule has 0 bridgehead atoms. The van der Waals surface area contributed by atoms with Crippen molar-refractivity contribution in [2.45, 2.75) is 19.9 Å². The number of aliphatic hydroxyl groups is 1. The molecule has 0 unspecified atom stereocenters. The molecule has 1 fully saturated rings. The topological polar surface area (TPSA) is 39.1 Å². The predicted octanol–water partition coefficient (Wildman–Crippen LogP) is 0.236. The number of rotatable bonds is 3. The van der Waals surface area contributed by atoms with Crippen molar-refractivity contribution in [3.05, 3.63) is 0 Å². The average molecular weight is 199 g/mol. The van der Waals surface area contributed by atoms with E-state index in [-0.39, 0.29) is 12.6 Å². The maximum atomic E-state index is 9.19. The van der Waals surface area contributed by atoms with E-state index < -0.39 is 0 Å². The highest BCUT2D eigenvalue weighted by molar-refractivity contribution is 5.81. The van der Waals surface area contributed by atoms with Crippen molar-refractivity contribution < 1.29 is 5.11 Å². The highest BCUT2D eigenvalue weighted by Crippen LogP contribution is 2.10. The van der Waals surface area contributed by atoms with Crippen molar-refractivity contribution in [3.8, 4) is 0 Å². The summed E-state index contributed by atoms with van der Waals surface area (Å²) >= 11 is 0. The van der Waals surface area contributed by atoms with Gasteiger partial charge < -0.3 is 14.9 Å². The molecule has 0 aromatic carbocycles. The van der Waals surface area contributed by atoms with E-state index in [0.29, 0.717) is 5.92 Å². The molecule has 4 nitrogen and oxygen atoms in total. The largest absolute Gasteiger partial charge is 0.394 e. The van der Waals surface area contributed by atoms with Crippen LogP contribution in [0.25, 0.3) is 0 Å². The quantitative estimate of drug-likeness (QED) is 0.707. The molecule has 0 aromatic rings. The Morgan fingerprint density at radius 1 is 1.29 bits per heavy atom. The summed E-state index contributed by atoms with van der Waals surface area (Å²) in [6.45, 7) is 6.33. The molecule has 0 radical (unpaired) electrons. The maximum Gasteiger partial charge on any atom is 0.196 e. The SMILES string of the molecule is CC(C)[C@@H](CO)N=C1N(C)CCN1C. The Morgan fingerprint density at radius 2 is 1.79 bits per heavy atom. The van der Waals surface area contributed by atoms with Gasteiger partial charge >= 0.3 is 0 Å². The van der Waals surface area contributed by atoms with Gasteiger partial charge in [0.15, 0.2) is 5.96 Å². The highest BCUT2D eigenvalue weighted by atomic mass is 16.3. The van der Waals surface area contributed by atoms with E-state index in [0.717, 1.165) is 19.0 Å². The Morgan fingerprint density at radius 3 is 2.14 bits per heavy atom. The first-order chi connectivity index (χ1) is 6.56. The average Bonchev–Trinajstić information content (AvgIpc) is 2.43. The zero-order valence-corrected chi connectivity index (χ0v) is 9.56. The van der Waals surface area contributed by atoms with Crippen LogP contribution in [0, 0.1) is 5.92 Å². The molecule has 4 heteroatoms. The molecule has 1 N–H and O–H groups in total. The van der Waals surface area contributed by atoms with Crippen LogP contribution in [-0.2, 0) is 0 Å². The molecule has 0 aromatic heterocycles. The number of likely N-dealkylation sites (N-methyl/N-ethyl adjacent to an activating group) is 2. The molecule has 0 saturated carbocycles. The molecular formula is C10H21N3O. The summed E-state index contributed by atoms with van der Waals surface area (Å²) in [5.41, 5.74) is 0. The van der Waals surface area contributed by atoms with Crippen molar-refractivity contribution in [2.75, 3.05) is 33.8 Å². The van der Waals surface area contributed by atoms with Crippen LogP contribution in [-0.4, -0.2) is 60.7 Å². The predicted molar refractivity (Wildman–Crippen MR) is 58.4 cm³/mol. The van der Waals surface area contributed by atoms with Gasteiger partial charge in [0.05, 0.1) is 12.6 Å². The summed E-state index contributed by atoms with van der Waals surface area (Å²) in [5, 5.41) is 9.19. The van der Waals surface area contributed by atoms with Gasteiger partial charge in [0, 0.05) is 27.2 Å². The second-order valence-electron chi connectivity index (χ2n) is 4.27. The van der Waals surface area contributed by atoms with Crippen LogP contribution in [0.3, 0.4) is 0 Å². The van der Waals surface area contributed by atoms with Gasteiger partial charge in [-0.2, -0.15) is 0 Å². The second-order valence-corrected chi connectivity index (χ2v) is 4.27. The second kappa shape index (κ2) is 4.64. The number of hydrogen-bond donors (Lipinski definition) is 1. The van der Waals surface area contributed by atoms with E-state index in [1.807, 2.05) is 14.1 Å². The number of hydrogen-bond acceptors (Lipinski definition) is 2. The Balaban J connectivity index is 2.73. The molecule has 1 aliphatic heterocycles. The van der Waals surface area contributed by atoms with Crippen LogP contribution in [0.5, 0.6) is 0 Å². The van der Waals surface area contributed by atoms with E-state index in [9.17, 15) is 5.11 Å². The first kappa shape index (κ1) is 11.3. The summed E-state index contributed by atoms with van der Waals surface area (Å²) in [6.07, 6.45) is 0.